The fourth-order valence-corrected chi connectivity index (χ4v) is 5.04. The maximum Gasteiger partial charge on any atom is 0.287 e. The highest BCUT2D eigenvalue weighted by Crippen LogP contribution is 2.29. The quantitative estimate of drug-likeness (QED) is 0.674. The summed E-state index contributed by atoms with van der Waals surface area (Å²) >= 11 is 0. The SMILES string of the molecule is Cc1c(C(=O)N[C@H](C)c2ccccc2)oc2ccc(S(=O)(=O)N3CCOCC3)cc12. The number of aryl methyl sites for hydroxylation is 1. The van der Waals surface area contributed by atoms with Crippen LogP contribution in [0, 0.1) is 6.92 Å². The van der Waals surface area contributed by atoms with E-state index in [1.807, 2.05) is 37.3 Å². The predicted molar refractivity (Wildman–Crippen MR) is 113 cm³/mol. The Hall–Kier alpha value is -2.68. The molecular weight excluding hydrogens is 404 g/mol. The van der Waals surface area contributed by atoms with Crippen molar-refractivity contribution in [2.75, 3.05) is 26.3 Å². The topological polar surface area (TPSA) is 88.8 Å². The largest absolute Gasteiger partial charge is 0.451 e. The van der Waals surface area contributed by atoms with Crippen molar-refractivity contribution in [3.05, 3.63) is 65.4 Å². The smallest absolute Gasteiger partial charge is 0.287 e. The molecule has 0 spiro atoms. The van der Waals surface area contributed by atoms with Gasteiger partial charge in [-0.3, -0.25) is 4.79 Å². The van der Waals surface area contributed by atoms with Crippen LogP contribution in [0.15, 0.2) is 57.8 Å². The van der Waals surface area contributed by atoms with Crippen LogP contribution in [0.25, 0.3) is 11.0 Å². The molecule has 1 atom stereocenters. The molecule has 1 amide bonds. The summed E-state index contributed by atoms with van der Waals surface area (Å²) < 4.78 is 38.3. The van der Waals surface area contributed by atoms with Crippen molar-refractivity contribution >= 4 is 26.9 Å². The van der Waals surface area contributed by atoms with Crippen molar-refractivity contribution in [1.29, 1.82) is 0 Å². The Morgan fingerprint density at radius 1 is 1.10 bits per heavy atom. The molecule has 7 nitrogen and oxygen atoms in total. The van der Waals surface area contributed by atoms with E-state index < -0.39 is 10.0 Å². The minimum atomic E-state index is -3.63. The second kappa shape index (κ2) is 8.22. The second-order valence-electron chi connectivity index (χ2n) is 7.34. The molecule has 4 rings (SSSR count). The van der Waals surface area contributed by atoms with Crippen molar-refractivity contribution in [3.8, 4) is 0 Å². The lowest BCUT2D eigenvalue weighted by Gasteiger charge is -2.26. The highest BCUT2D eigenvalue weighted by atomic mass is 32.2. The minimum absolute atomic E-state index is 0.186. The number of hydrogen-bond donors (Lipinski definition) is 1. The number of sulfonamides is 1. The van der Waals surface area contributed by atoms with Gasteiger partial charge < -0.3 is 14.5 Å². The Morgan fingerprint density at radius 2 is 1.80 bits per heavy atom. The van der Waals surface area contributed by atoms with Crippen LogP contribution < -0.4 is 5.32 Å². The van der Waals surface area contributed by atoms with E-state index in [0.717, 1.165) is 5.56 Å². The van der Waals surface area contributed by atoms with Gasteiger partial charge in [-0.1, -0.05) is 30.3 Å². The minimum Gasteiger partial charge on any atom is -0.451 e. The number of morpholine rings is 1. The van der Waals surface area contributed by atoms with Gasteiger partial charge in [0.25, 0.3) is 5.91 Å². The van der Waals surface area contributed by atoms with E-state index in [2.05, 4.69) is 5.32 Å². The normalized spacial score (nSPS) is 16.5. The van der Waals surface area contributed by atoms with Crippen molar-refractivity contribution in [3.63, 3.8) is 0 Å². The average Bonchev–Trinajstić information content (AvgIpc) is 3.11. The van der Waals surface area contributed by atoms with Gasteiger partial charge in [-0.25, -0.2) is 8.42 Å². The fraction of sp³-hybridized carbons (Fsp3) is 0.318. The third kappa shape index (κ3) is 3.86. The lowest BCUT2D eigenvalue weighted by Crippen LogP contribution is -2.40. The Balaban J connectivity index is 1.62. The molecule has 2 heterocycles. The third-order valence-electron chi connectivity index (χ3n) is 5.37. The summed E-state index contributed by atoms with van der Waals surface area (Å²) in [6.07, 6.45) is 0. The standard InChI is InChI=1S/C22H24N2O5S/c1-15-19-14-18(30(26,27)24-10-12-28-13-11-24)8-9-20(19)29-21(15)22(25)23-16(2)17-6-4-3-5-7-17/h3-9,14,16H,10-13H2,1-2H3,(H,23,25)/t16-/m1/s1. The molecule has 1 aliphatic heterocycles. The summed E-state index contributed by atoms with van der Waals surface area (Å²) in [5.41, 5.74) is 2.08. The number of carbonyl (C=O) groups is 1. The number of benzene rings is 2. The number of nitrogens with zero attached hydrogens (tertiary/aromatic N) is 1. The number of rotatable bonds is 5. The Morgan fingerprint density at radius 3 is 2.50 bits per heavy atom. The first-order valence-electron chi connectivity index (χ1n) is 9.85. The van der Waals surface area contributed by atoms with E-state index in [4.69, 9.17) is 9.15 Å². The molecule has 0 saturated carbocycles. The Bertz CT molecular complexity index is 1160. The highest BCUT2D eigenvalue weighted by Gasteiger charge is 2.28. The van der Waals surface area contributed by atoms with E-state index >= 15 is 0 Å². The number of furan rings is 1. The van der Waals surface area contributed by atoms with Crippen molar-refractivity contribution in [2.45, 2.75) is 24.8 Å². The molecule has 1 N–H and O–H groups in total. The van der Waals surface area contributed by atoms with Gasteiger partial charge in [0, 0.05) is 24.0 Å². The van der Waals surface area contributed by atoms with Crippen LogP contribution in [0.1, 0.15) is 34.6 Å². The maximum absolute atomic E-state index is 12.9. The van der Waals surface area contributed by atoms with Gasteiger partial charge in [0.15, 0.2) is 5.76 Å². The van der Waals surface area contributed by atoms with Crippen molar-refractivity contribution in [2.24, 2.45) is 0 Å². The molecule has 0 aliphatic carbocycles. The van der Waals surface area contributed by atoms with E-state index in [0.29, 0.717) is 42.8 Å². The molecule has 0 unspecified atom stereocenters. The molecule has 30 heavy (non-hydrogen) atoms. The summed E-state index contributed by atoms with van der Waals surface area (Å²) in [6.45, 7) is 5.09. The van der Waals surface area contributed by atoms with Crippen LogP contribution in [0.5, 0.6) is 0 Å². The number of hydrogen-bond acceptors (Lipinski definition) is 5. The Labute approximate surface area is 175 Å². The lowest BCUT2D eigenvalue weighted by atomic mass is 10.1. The van der Waals surface area contributed by atoms with Gasteiger partial charge in [-0.2, -0.15) is 4.31 Å². The second-order valence-corrected chi connectivity index (χ2v) is 9.27. The first-order valence-corrected chi connectivity index (χ1v) is 11.3. The lowest BCUT2D eigenvalue weighted by molar-refractivity contribution is 0.0730. The number of ether oxygens (including phenoxy) is 1. The van der Waals surface area contributed by atoms with Crippen molar-refractivity contribution < 1.29 is 22.4 Å². The predicted octanol–water partition coefficient (Wildman–Crippen LogP) is 3.25. The molecule has 1 aromatic heterocycles. The average molecular weight is 429 g/mol. The van der Waals surface area contributed by atoms with Crippen molar-refractivity contribution in [1.82, 2.24) is 9.62 Å². The molecule has 158 valence electrons. The molecule has 2 aromatic carbocycles. The number of fused-ring (bicyclic) bond motifs is 1. The molecule has 1 fully saturated rings. The van der Waals surface area contributed by atoms with Gasteiger partial charge in [0.05, 0.1) is 24.2 Å². The molecule has 8 heteroatoms. The molecule has 1 aliphatic rings. The third-order valence-corrected chi connectivity index (χ3v) is 7.26. The summed E-state index contributed by atoms with van der Waals surface area (Å²) in [5, 5.41) is 3.55. The number of nitrogens with one attached hydrogen (secondary N) is 1. The van der Waals surface area contributed by atoms with E-state index in [1.54, 1.807) is 19.1 Å². The zero-order valence-electron chi connectivity index (χ0n) is 16.9. The number of amides is 1. The van der Waals surface area contributed by atoms with Crippen LogP contribution in [-0.2, 0) is 14.8 Å². The molecule has 1 saturated heterocycles. The highest BCUT2D eigenvalue weighted by molar-refractivity contribution is 7.89. The van der Waals surface area contributed by atoms with Gasteiger partial charge in [-0.15, -0.1) is 0 Å². The zero-order valence-corrected chi connectivity index (χ0v) is 17.7. The van der Waals surface area contributed by atoms with Crippen LogP contribution in [0.2, 0.25) is 0 Å². The van der Waals surface area contributed by atoms with E-state index in [9.17, 15) is 13.2 Å². The fourth-order valence-electron chi connectivity index (χ4n) is 3.60. The zero-order chi connectivity index (χ0) is 21.3. The first kappa shape index (κ1) is 20.6. The summed E-state index contributed by atoms with van der Waals surface area (Å²) in [6, 6.07) is 14.2. The van der Waals surface area contributed by atoms with Crippen LogP contribution in [0.4, 0.5) is 0 Å². The molecular formula is C22H24N2O5S. The summed E-state index contributed by atoms with van der Waals surface area (Å²) in [5.74, 6) is -0.147. The summed E-state index contributed by atoms with van der Waals surface area (Å²) in [7, 11) is -3.63. The monoisotopic (exact) mass is 428 g/mol. The van der Waals surface area contributed by atoms with Gasteiger partial charge in [0.1, 0.15) is 5.58 Å². The van der Waals surface area contributed by atoms with E-state index in [-0.39, 0.29) is 22.6 Å². The van der Waals surface area contributed by atoms with Crippen LogP contribution in [0.3, 0.4) is 0 Å². The summed E-state index contributed by atoms with van der Waals surface area (Å²) in [4.78, 5) is 13.0. The molecule has 0 radical (unpaired) electrons. The molecule has 3 aromatic rings. The Kier molecular flexibility index (Phi) is 5.64. The van der Waals surface area contributed by atoms with Gasteiger partial charge in [0.2, 0.25) is 10.0 Å². The van der Waals surface area contributed by atoms with Gasteiger partial charge >= 0.3 is 0 Å². The van der Waals surface area contributed by atoms with Gasteiger partial charge in [-0.05, 0) is 37.6 Å². The van der Waals surface area contributed by atoms with Crippen LogP contribution in [-0.4, -0.2) is 44.9 Å². The maximum atomic E-state index is 12.9. The van der Waals surface area contributed by atoms with Crippen LogP contribution >= 0.6 is 0 Å². The van der Waals surface area contributed by atoms with E-state index in [1.165, 1.54) is 10.4 Å². The first-order chi connectivity index (χ1) is 14.4. The molecule has 0 bridgehead atoms. The number of carbonyl (C=O) groups excluding carboxylic acids is 1.